The van der Waals surface area contributed by atoms with E-state index in [1.807, 2.05) is 6.07 Å². The molecule has 1 aliphatic heterocycles. The van der Waals surface area contributed by atoms with Gasteiger partial charge in [0.25, 0.3) is 5.91 Å². The highest BCUT2D eigenvalue weighted by molar-refractivity contribution is 5.94. The number of likely N-dealkylation sites (tertiary alicyclic amines) is 1. The van der Waals surface area contributed by atoms with Crippen LogP contribution in [0.2, 0.25) is 0 Å². The van der Waals surface area contributed by atoms with Crippen molar-refractivity contribution in [3.63, 3.8) is 0 Å². The summed E-state index contributed by atoms with van der Waals surface area (Å²) in [6.45, 7) is 2.88. The Balaban J connectivity index is 1.52. The summed E-state index contributed by atoms with van der Waals surface area (Å²) < 4.78 is 0. The molecule has 21 heavy (non-hydrogen) atoms. The molecule has 1 aliphatic rings. The van der Waals surface area contributed by atoms with E-state index in [0.717, 1.165) is 26.1 Å². The van der Waals surface area contributed by atoms with Crippen molar-refractivity contribution in [2.75, 3.05) is 13.1 Å². The van der Waals surface area contributed by atoms with E-state index in [2.05, 4.69) is 39.5 Å². The summed E-state index contributed by atoms with van der Waals surface area (Å²) in [6.07, 6.45) is 4.29. The van der Waals surface area contributed by atoms with Gasteiger partial charge >= 0.3 is 0 Å². The molecule has 0 saturated carbocycles. The third kappa shape index (κ3) is 3.67. The van der Waals surface area contributed by atoms with Crippen LogP contribution in [0.3, 0.4) is 0 Å². The molecule has 1 amide bonds. The number of aromatic nitrogens is 1. The maximum atomic E-state index is 12.1. The van der Waals surface area contributed by atoms with Crippen LogP contribution in [0.15, 0.2) is 54.9 Å². The van der Waals surface area contributed by atoms with E-state index in [1.165, 1.54) is 5.56 Å². The highest BCUT2D eigenvalue weighted by atomic mass is 16.1. The number of rotatable bonds is 4. The van der Waals surface area contributed by atoms with Gasteiger partial charge in [-0.25, -0.2) is 0 Å². The van der Waals surface area contributed by atoms with Gasteiger partial charge in [0.2, 0.25) is 0 Å². The SMILES string of the molecule is O=C(N[C@@H]1CCN(Cc2ccccc2)C1)c1ccncc1. The van der Waals surface area contributed by atoms with Crippen molar-refractivity contribution in [2.45, 2.75) is 19.0 Å². The smallest absolute Gasteiger partial charge is 0.251 e. The number of nitrogens with one attached hydrogen (secondary N) is 1. The van der Waals surface area contributed by atoms with Gasteiger partial charge in [-0.1, -0.05) is 30.3 Å². The Labute approximate surface area is 124 Å². The molecule has 1 fully saturated rings. The molecule has 108 valence electrons. The first-order chi connectivity index (χ1) is 10.3. The fraction of sp³-hybridized carbons (Fsp3) is 0.294. The topological polar surface area (TPSA) is 45.2 Å². The summed E-state index contributed by atoms with van der Waals surface area (Å²) in [4.78, 5) is 18.4. The molecule has 2 aromatic rings. The predicted molar refractivity (Wildman–Crippen MR) is 81.8 cm³/mol. The summed E-state index contributed by atoms with van der Waals surface area (Å²) in [5.74, 6) is -0.0102. The van der Waals surface area contributed by atoms with Gasteiger partial charge in [0.1, 0.15) is 0 Å². The van der Waals surface area contributed by atoms with Crippen molar-refractivity contribution in [3.8, 4) is 0 Å². The number of hydrogen-bond donors (Lipinski definition) is 1. The van der Waals surface area contributed by atoms with Crippen LogP contribution in [0.5, 0.6) is 0 Å². The summed E-state index contributed by atoms with van der Waals surface area (Å²) >= 11 is 0. The zero-order valence-electron chi connectivity index (χ0n) is 11.9. The van der Waals surface area contributed by atoms with Crippen LogP contribution in [-0.4, -0.2) is 34.9 Å². The molecule has 0 spiro atoms. The number of carbonyl (C=O) groups excluding carboxylic acids is 1. The molecule has 4 heteroatoms. The first kappa shape index (κ1) is 13.8. The molecular formula is C17H19N3O. The maximum Gasteiger partial charge on any atom is 0.251 e. The molecule has 0 aliphatic carbocycles. The quantitative estimate of drug-likeness (QED) is 0.933. The van der Waals surface area contributed by atoms with Crippen LogP contribution in [0.1, 0.15) is 22.3 Å². The summed E-state index contributed by atoms with van der Waals surface area (Å²) in [5, 5.41) is 3.10. The highest BCUT2D eigenvalue weighted by Gasteiger charge is 2.24. The van der Waals surface area contributed by atoms with Crippen molar-refractivity contribution in [1.82, 2.24) is 15.2 Å². The molecule has 2 heterocycles. The monoisotopic (exact) mass is 281 g/mol. The molecular weight excluding hydrogens is 262 g/mol. The molecule has 1 atom stereocenters. The molecule has 0 unspecified atom stereocenters. The molecule has 3 rings (SSSR count). The lowest BCUT2D eigenvalue weighted by Gasteiger charge is -2.16. The van der Waals surface area contributed by atoms with Crippen LogP contribution in [0.25, 0.3) is 0 Å². The van der Waals surface area contributed by atoms with Crippen LogP contribution in [-0.2, 0) is 6.54 Å². The molecule has 4 nitrogen and oxygen atoms in total. The van der Waals surface area contributed by atoms with Crippen molar-refractivity contribution >= 4 is 5.91 Å². The van der Waals surface area contributed by atoms with Crippen LogP contribution in [0.4, 0.5) is 0 Å². The summed E-state index contributed by atoms with van der Waals surface area (Å²) in [6, 6.07) is 14.2. The van der Waals surface area contributed by atoms with Crippen LogP contribution < -0.4 is 5.32 Å². The molecule has 1 saturated heterocycles. The van der Waals surface area contributed by atoms with E-state index in [0.29, 0.717) is 5.56 Å². The summed E-state index contributed by atoms with van der Waals surface area (Å²) in [5.41, 5.74) is 1.99. The van der Waals surface area contributed by atoms with E-state index >= 15 is 0 Å². The Morgan fingerprint density at radius 3 is 2.71 bits per heavy atom. The Kier molecular flexibility index (Phi) is 4.26. The average Bonchev–Trinajstić information content (AvgIpc) is 2.96. The fourth-order valence-corrected chi connectivity index (χ4v) is 2.71. The Bertz CT molecular complexity index is 585. The van der Waals surface area contributed by atoms with Gasteiger partial charge in [0.15, 0.2) is 0 Å². The predicted octanol–water partition coefficient (Wildman–Crippen LogP) is 2.09. The standard InChI is InChI=1S/C17H19N3O/c21-17(15-6-9-18-10-7-15)19-16-8-11-20(13-16)12-14-4-2-1-3-5-14/h1-7,9-10,16H,8,11-13H2,(H,19,21)/t16-/m1/s1. The van der Waals surface area contributed by atoms with Crippen molar-refractivity contribution < 1.29 is 4.79 Å². The highest BCUT2D eigenvalue weighted by Crippen LogP contribution is 2.14. The maximum absolute atomic E-state index is 12.1. The average molecular weight is 281 g/mol. The largest absolute Gasteiger partial charge is 0.348 e. The number of hydrogen-bond acceptors (Lipinski definition) is 3. The van der Waals surface area contributed by atoms with Gasteiger partial charge in [-0.3, -0.25) is 14.7 Å². The van der Waals surface area contributed by atoms with E-state index < -0.39 is 0 Å². The normalized spacial score (nSPS) is 18.6. The third-order valence-electron chi connectivity index (χ3n) is 3.80. The second-order valence-corrected chi connectivity index (χ2v) is 5.42. The molecule has 0 bridgehead atoms. The van der Waals surface area contributed by atoms with E-state index in [-0.39, 0.29) is 11.9 Å². The lowest BCUT2D eigenvalue weighted by molar-refractivity contribution is 0.0937. The van der Waals surface area contributed by atoms with Gasteiger partial charge in [0, 0.05) is 43.6 Å². The van der Waals surface area contributed by atoms with Gasteiger partial charge in [-0.05, 0) is 24.1 Å². The first-order valence-corrected chi connectivity index (χ1v) is 7.28. The van der Waals surface area contributed by atoms with Crippen molar-refractivity contribution in [3.05, 3.63) is 66.0 Å². The first-order valence-electron chi connectivity index (χ1n) is 7.28. The van der Waals surface area contributed by atoms with Gasteiger partial charge < -0.3 is 5.32 Å². The van der Waals surface area contributed by atoms with Crippen molar-refractivity contribution in [1.29, 1.82) is 0 Å². The van der Waals surface area contributed by atoms with Crippen LogP contribution >= 0.6 is 0 Å². The number of nitrogens with zero attached hydrogens (tertiary/aromatic N) is 2. The van der Waals surface area contributed by atoms with Crippen LogP contribution in [0, 0.1) is 0 Å². The number of benzene rings is 1. The number of carbonyl (C=O) groups is 1. The zero-order valence-corrected chi connectivity index (χ0v) is 11.9. The summed E-state index contributed by atoms with van der Waals surface area (Å²) in [7, 11) is 0. The Morgan fingerprint density at radius 2 is 1.95 bits per heavy atom. The van der Waals surface area contributed by atoms with Crippen molar-refractivity contribution in [2.24, 2.45) is 0 Å². The molecule has 0 radical (unpaired) electrons. The number of amides is 1. The van der Waals surface area contributed by atoms with E-state index in [4.69, 9.17) is 0 Å². The third-order valence-corrected chi connectivity index (χ3v) is 3.80. The Morgan fingerprint density at radius 1 is 1.19 bits per heavy atom. The minimum Gasteiger partial charge on any atom is -0.348 e. The second kappa shape index (κ2) is 6.50. The lowest BCUT2D eigenvalue weighted by atomic mass is 10.2. The van der Waals surface area contributed by atoms with Gasteiger partial charge in [-0.15, -0.1) is 0 Å². The van der Waals surface area contributed by atoms with E-state index in [1.54, 1.807) is 24.5 Å². The Hall–Kier alpha value is -2.20. The minimum absolute atomic E-state index is 0.0102. The zero-order chi connectivity index (χ0) is 14.5. The van der Waals surface area contributed by atoms with Gasteiger partial charge in [0.05, 0.1) is 0 Å². The molecule has 1 N–H and O–H groups in total. The molecule has 1 aromatic heterocycles. The fourth-order valence-electron chi connectivity index (χ4n) is 2.71. The van der Waals surface area contributed by atoms with E-state index in [9.17, 15) is 4.79 Å². The number of pyridine rings is 1. The molecule has 1 aromatic carbocycles. The van der Waals surface area contributed by atoms with Gasteiger partial charge in [-0.2, -0.15) is 0 Å². The lowest BCUT2D eigenvalue weighted by Crippen LogP contribution is -2.36. The second-order valence-electron chi connectivity index (χ2n) is 5.42. The minimum atomic E-state index is -0.0102.